The lowest BCUT2D eigenvalue weighted by molar-refractivity contribution is -0.146. The summed E-state index contributed by atoms with van der Waals surface area (Å²) >= 11 is 0. The Morgan fingerprint density at radius 2 is 1.71 bits per heavy atom. The molecule has 0 aromatic heterocycles. The number of carboxylic acid groups (broad SMARTS) is 1. The van der Waals surface area contributed by atoms with E-state index in [4.69, 9.17) is 0 Å². The fraction of sp³-hybridized carbons (Fsp3) is 0.600. The molecule has 2 fully saturated rings. The van der Waals surface area contributed by atoms with Crippen LogP contribution >= 0.6 is 0 Å². The summed E-state index contributed by atoms with van der Waals surface area (Å²) in [5.74, 6) is -0.425. The molecule has 130 valence electrons. The van der Waals surface area contributed by atoms with Crippen molar-refractivity contribution in [3.63, 3.8) is 0 Å². The van der Waals surface area contributed by atoms with Crippen LogP contribution in [-0.2, 0) is 9.59 Å². The van der Waals surface area contributed by atoms with Gasteiger partial charge in [0.2, 0.25) is 5.91 Å². The molecule has 0 bridgehead atoms. The Labute approximate surface area is 143 Å². The highest BCUT2D eigenvalue weighted by molar-refractivity contribution is 5.83. The molecule has 2 aliphatic rings. The van der Waals surface area contributed by atoms with Crippen LogP contribution in [-0.4, -0.2) is 35.0 Å². The van der Waals surface area contributed by atoms with Gasteiger partial charge in [-0.25, -0.2) is 0 Å². The van der Waals surface area contributed by atoms with Gasteiger partial charge in [-0.3, -0.25) is 9.59 Å². The quantitative estimate of drug-likeness (QED) is 0.899. The molecule has 1 aliphatic heterocycles. The van der Waals surface area contributed by atoms with Crippen molar-refractivity contribution in [1.29, 1.82) is 0 Å². The number of likely N-dealkylation sites (tertiary alicyclic amines) is 1. The van der Waals surface area contributed by atoms with Crippen molar-refractivity contribution in [1.82, 2.24) is 4.90 Å². The number of hydrogen-bond donors (Lipinski definition) is 1. The number of amides is 1. The van der Waals surface area contributed by atoms with Crippen LogP contribution in [0, 0.1) is 17.8 Å². The smallest absolute Gasteiger partial charge is 0.307 e. The average Bonchev–Trinajstić information content (AvgIpc) is 3.03. The van der Waals surface area contributed by atoms with E-state index in [9.17, 15) is 14.7 Å². The standard InChI is InChI=1S/C20H27NO3/c1-14(15-7-3-2-4-8-15)18(20(23)24)11-19(22)21-12-16-9-5-6-10-17(16)13-21/h2-4,7-8,14,16-18H,5-6,9-13H2,1H3,(H,23,24)/t14?,16-,17+,18?. The summed E-state index contributed by atoms with van der Waals surface area (Å²) in [5, 5.41) is 9.63. The van der Waals surface area contributed by atoms with Crippen molar-refractivity contribution >= 4 is 11.9 Å². The molecule has 2 unspecified atom stereocenters. The number of nitrogens with zero attached hydrogens (tertiary/aromatic N) is 1. The molecule has 4 heteroatoms. The van der Waals surface area contributed by atoms with Gasteiger partial charge in [-0.05, 0) is 36.2 Å². The van der Waals surface area contributed by atoms with Crippen molar-refractivity contribution in [3.05, 3.63) is 35.9 Å². The van der Waals surface area contributed by atoms with Gasteiger partial charge in [0.15, 0.2) is 0 Å². The third kappa shape index (κ3) is 3.63. The molecule has 1 saturated heterocycles. The zero-order valence-electron chi connectivity index (χ0n) is 14.4. The van der Waals surface area contributed by atoms with Gasteiger partial charge in [0.25, 0.3) is 0 Å². The average molecular weight is 329 g/mol. The predicted octanol–water partition coefficient (Wildman–Crippen LogP) is 3.53. The van der Waals surface area contributed by atoms with E-state index in [-0.39, 0.29) is 18.2 Å². The van der Waals surface area contributed by atoms with Crippen LogP contribution in [0.1, 0.15) is 50.5 Å². The molecular weight excluding hydrogens is 302 g/mol. The summed E-state index contributed by atoms with van der Waals surface area (Å²) in [6, 6.07) is 9.63. The third-order valence-corrected chi connectivity index (χ3v) is 5.97. The van der Waals surface area contributed by atoms with E-state index >= 15 is 0 Å². The molecular formula is C20H27NO3. The minimum absolute atomic E-state index is 0.0135. The summed E-state index contributed by atoms with van der Waals surface area (Å²) in [6.07, 6.45) is 5.08. The first kappa shape index (κ1) is 17.0. The fourth-order valence-electron chi connectivity index (χ4n) is 4.39. The minimum atomic E-state index is -0.878. The molecule has 1 N–H and O–H groups in total. The molecule has 0 radical (unpaired) electrons. The molecule has 3 rings (SSSR count). The highest BCUT2D eigenvalue weighted by atomic mass is 16.4. The Bertz CT molecular complexity index is 572. The second kappa shape index (κ2) is 7.37. The second-order valence-electron chi connectivity index (χ2n) is 7.45. The Morgan fingerprint density at radius 1 is 1.12 bits per heavy atom. The highest BCUT2D eigenvalue weighted by Gasteiger charge is 2.38. The van der Waals surface area contributed by atoms with Crippen LogP contribution in [0.15, 0.2) is 30.3 Å². The van der Waals surface area contributed by atoms with Crippen molar-refractivity contribution in [2.45, 2.75) is 44.9 Å². The van der Waals surface area contributed by atoms with E-state index in [1.807, 2.05) is 42.2 Å². The Kier molecular flexibility index (Phi) is 5.22. The summed E-state index contributed by atoms with van der Waals surface area (Å²) < 4.78 is 0. The van der Waals surface area contributed by atoms with Crippen LogP contribution in [0.2, 0.25) is 0 Å². The van der Waals surface area contributed by atoms with Crippen LogP contribution in [0.3, 0.4) is 0 Å². The van der Waals surface area contributed by atoms with E-state index in [0.29, 0.717) is 11.8 Å². The maximum atomic E-state index is 12.7. The van der Waals surface area contributed by atoms with Crippen molar-refractivity contribution in [2.24, 2.45) is 17.8 Å². The minimum Gasteiger partial charge on any atom is -0.481 e. The number of benzene rings is 1. The van der Waals surface area contributed by atoms with Crippen molar-refractivity contribution < 1.29 is 14.7 Å². The first-order valence-electron chi connectivity index (χ1n) is 9.11. The summed E-state index contributed by atoms with van der Waals surface area (Å²) in [6.45, 7) is 3.57. The Hall–Kier alpha value is -1.84. The molecule has 1 saturated carbocycles. The van der Waals surface area contributed by atoms with Gasteiger partial charge < -0.3 is 10.0 Å². The number of carboxylic acids is 1. The van der Waals surface area contributed by atoms with Gasteiger partial charge in [-0.2, -0.15) is 0 Å². The van der Waals surface area contributed by atoms with Crippen LogP contribution < -0.4 is 0 Å². The number of aliphatic carboxylic acids is 1. The zero-order chi connectivity index (χ0) is 17.1. The van der Waals surface area contributed by atoms with Gasteiger partial charge in [0.1, 0.15) is 0 Å². The van der Waals surface area contributed by atoms with E-state index < -0.39 is 11.9 Å². The Morgan fingerprint density at radius 3 is 2.25 bits per heavy atom. The SMILES string of the molecule is CC(c1ccccc1)C(CC(=O)N1C[C@H]2CCCC[C@H]2C1)C(=O)O. The topological polar surface area (TPSA) is 57.6 Å². The number of hydrogen-bond acceptors (Lipinski definition) is 2. The molecule has 0 spiro atoms. The molecule has 4 nitrogen and oxygen atoms in total. The molecule has 1 heterocycles. The maximum absolute atomic E-state index is 12.7. The first-order valence-corrected chi connectivity index (χ1v) is 9.11. The van der Waals surface area contributed by atoms with E-state index in [2.05, 4.69) is 0 Å². The molecule has 1 aromatic carbocycles. The maximum Gasteiger partial charge on any atom is 0.307 e. The summed E-state index contributed by atoms with van der Waals surface area (Å²) in [5.41, 5.74) is 0.979. The van der Waals surface area contributed by atoms with Crippen LogP contribution in [0.4, 0.5) is 0 Å². The molecule has 4 atom stereocenters. The van der Waals surface area contributed by atoms with Gasteiger partial charge in [0.05, 0.1) is 5.92 Å². The summed E-state index contributed by atoms with van der Waals surface area (Å²) in [4.78, 5) is 26.4. The summed E-state index contributed by atoms with van der Waals surface area (Å²) in [7, 11) is 0. The van der Waals surface area contributed by atoms with Crippen LogP contribution in [0.25, 0.3) is 0 Å². The van der Waals surface area contributed by atoms with Crippen molar-refractivity contribution in [3.8, 4) is 0 Å². The van der Waals surface area contributed by atoms with Crippen LogP contribution in [0.5, 0.6) is 0 Å². The van der Waals surface area contributed by atoms with E-state index in [0.717, 1.165) is 18.7 Å². The Balaban J connectivity index is 1.65. The zero-order valence-corrected chi connectivity index (χ0v) is 14.4. The number of fused-ring (bicyclic) bond motifs is 1. The number of carbonyl (C=O) groups is 2. The normalized spacial score (nSPS) is 25.8. The molecule has 1 aliphatic carbocycles. The lowest BCUT2D eigenvalue weighted by Crippen LogP contribution is -2.33. The van der Waals surface area contributed by atoms with Crippen molar-refractivity contribution in [2.75, 3.05) is 13.1 Å². The first-order chi connectivity index (χ1) is 11.6. The van der Waals surface area contributed by atoms with Gasteiger partial charge in [-0.1, -0.05) is 50.1 Å². The lowest BCUT2D eigenvalue weighted by Gasteiger charge is -2.23. The van der Waals surface area contributed by atoms with E-state index in [1.165, 1.54) is 25.7 Å². The third-order valence-electron chi connectivity index (χ3n) is 5.97. The molecule has 24 heavy (non-hydrogen) atoms. The van der Waals surface area contributed by atoms with Gasteiger partial charge in [0, 0.05) is 19.5 Å². The molecule has 1 aromatic rings. The highest BCUT2D eigenvalue weighted by Crippen LogP contribution is 2.37. The monoisotopic (exact) mass is 329 g/mol. The van der Waals surface area contributed by atoms with Gasteiger partial charge >= 0.3 is 5.97 Å². The number of rotatable bonds is 5. The molecule has 1 amide bonds. The largest absolute Gasteiger partial charge is 0.481 e. The van der Waals surface area contributed by atoms with E-state index in [1.54, 1.807) is 0 Å². The fourth-order valence-corrected chi connectivity index (χ4v) is 4.39. The number of carbonyl (C=O) groups excluding carboxylic acids is 1. The second-order valence-corrected chi connectivity index (χ2v) is 7.45. The predicted molar refractivity (Wildman–Crippen MR) is 92.6 cm³/mol. The lowest BCUT2D eigenvalue weighted by atomic mass is 9.82. The van der Waals surface area contributed by atoms with Gasteiger partial charge in [-0.15, -0.1) is 0 Å².